The highest BCUT2D eigenvalue weighted by molar-refractivity contribution is 5.96. The molecule has 1 aromatic rings. The van der Waals surface area contributed by atoms with E-state index in [4.69, 9.17) is 5.11 Å². The van der Waals surface area contributed by atoms with Gasteiger partial charge in [0.1, 0.15) is 5.82 Å². The van der Waals surface area contributed by atoms with Crippen molar-refractivity contribution in [2.75, 3.05) is 13.1 Å². The van der Waals surface area contributed by atoms with E-state index in [0.29, 0.717) is 13.1 Å². The smallest absolute Gasteiger partial charge is 0.335 e. The van der Waals surface area contributed by atoms with Crippen molar-refractivity contribution in [3.05, 3.63) is 35.1 Å². The number of carboxylic acid groups (broad SMARTS) is 1. The van der Waals surface area contributed by atoms with Crippen molar-refractivity contribution in [2.24, 2.45) is 5.41 Å². The highest BCUT2D eigenvalue weighted by Crippen LogP contribution is 2.43. The molecule has 0 atom stereocenters. The molecular weight excluding hydrogens is 297 g/mol. The standard InChI is InChI=1S/C18H22FNO3/c19-15-11-13(17(22)23)5-6-14(15)16(21)20-10-4-9-18(12-20)7-2-1-3-8-18/h5-6,11H,1-4,7-10,12H2,(H,22,23). The number of carbonyl (C=O) groups is 2. The molecule has 3 rings (SSSR count). The highest BCUT2D eigenvalue weighted by atomic mass is 19.1. The van der Waals surface area contributed by atoms with Crippen molar-refractivity contribution in [1.82, 2.24) is 4.90 Å². The van der Waals surface area contributed by atoms with Crippen LogP contribution in [0.4, 0.5) is 4.39 Å². The average Bonchev–Trinajstić information content (AvgIpc) is 2.55. The zero-order valence-electron chi connectivity index (χ0n) is 13.2. The van der Waals surface area contributed by atoms with Gasteiger partial charge in [0.25, 0.3) is 5.91 Å². The molecular formula is C18H22FNO3. The summed E-state index contributed by atoms with van der Waals surface area (Å²) >= 11 is 0. The number of carboxylic acids is 1. The monoisotopic (exact) mass is 319 g/mol. The third kappa shape index (κ3) is 3.23. The maximum atomic E-state index is 14.1. The molecule has 23 heavy (non-hydrogen) atoms. The van der Waals surface area contributed by atoms with E-state index in [0.717, 1.165) is 31.7 Å². The van der Waals surface area contributed by atoms with Gasteiger partial charge in [0.15, 0.2) is 0 Å². The van der Waals surface area contributed by atoms with Crippen molar-refractivity contribution < 1.29 is 19.1 Å². The average molecular weight is 319 g/mol. The Bertz CT molecular complexity index is 617. The topological polar surface area (TPSA) is 57.6 Å². The van der Waals surface area contributed by atoms with E-state index in [1.807, 2.05) is 0 Å². The van der Waals surface area contributed by atoms with Gasteiger partial charge in [-0.15, -0.1) is 0 Å². The minimum atomic E-state index is -1.19. The van der Waals surface area contributed by atoms with E-state index in [2.05, 4.69) is 0 Å². The molecule has 4 nitrogen and oxygen atoms in total. The number of nitrogens with zero attached hydrogens (tertiary/aromatic N) is 1. The van der Waals surface area contributed by atoms with Crippen molar-refractivity contribution in [1.29, 1.82) is 0 Å². The maximum Gasteiger partial charge on any atom is 0.335 e. The van der Waals surface area contributed by atoms with Gasteiger partial charge in [-0.2, -0.15) is 0 Å². The summed E-state index contributed by atoms with van der Waals surface area (Å²) in [5.41, 5.74) is 0.0493. The van der Waals surface area contributed by atoms with Gasteiger partial charge in [-0.1, -0.05) is 19.3 Å². The number of rotatable bonds is 2. The van der Waals surface area contributed by atoms with Crippen molar-refractivity contribution in [2.45, 2.75) is 44.9 Å². The molecule has 1 spiro atoms. The van der Waals surface area contributed by atoms with Crippen molar-refractivity contribution >= 4 is 11.9 Å². The Kier molecular flexibility index (Phi) is 4.37. The minimum absolute atomic E-state index is 0.0251. The Balaban J connectivity index is 1.78. The lowest BCUT2D eigenvalue weighted by Gasteiger charge is -2.45. The third-order valence-corrected chi connectivity index (χ3v) is 5.31. The highest BCUT2D eigenvalue weighted by Gasteiger charge is 2.38. The summed E-state index contributed by atoms with van der Waals surface area (Å²) in [6.07, 6.45) is 8.10. The Labute approximate surface area is 135 Å². The number of piperidine rings is 1. The molecule has 1 saturated carbocycles. The number of carbonyl (C=O) groups excluding carboxylic acids is 1. The van der Waals surface area contributed by atoms with Crippen LogP contribution in [0.25, 0.3) is 0 Å². The molecule has 0 radical (unpaired) electrons. The number of amides is 1. The molecule has 1 aliphatic heterocycles. The molecule has 0 bridgehead atoms. The first-order valence-electron chi connectivity index (χ1n) is 8.33. The lowest BCUT2D eigenvalue weighted by molar-refractivity contribution is 0.0380. The van der Waals surface area contributed by atoms with E-state index in [1.54, 1.807) is 4.90 Å². The molecule has 5 heteroatoms. The normalized spacial score (nSPS) is 20.5. The largest absolute Gasteiger partial charge is 0.478 e. The van der Waals surface area contributed by atoms with Gasteiger partial charge in [-0.3, -0.25) is 4.79 Å². The first-order valence-corrected chi connectivity index (χ1v) is 8.33. The van der Waals surface area contributed by atoms with Crippen LogP contribution in [0.1, 0.15) is 65.7 Å². The summed E-state index contributed by atoms with van der Waals surface area (Å²) in [7, 11) is 0. The van der Waals surface area contributed by atoms with Crippen LogP contribution in [0.5, 0.6) is 0 Å². The number of likely N-dealkylation sites (tertiary alicyclic amines) is 1. The molecule has 2 aliphatic rings. The zero-order chi connectivity index (χ0) is 16.4. The van der Waals surface area contributed by atoms with Crippen LogP contribution in [0, 0.1) is 11.2 Å². The van der Waals surface area contributed by atoms with Crippen molar-refractivity contribution in [3.8, 4) is 0 Å². The second-order valence-electron chi connectivity index (χ2n) is 6.89. The second kappa shape index (κ2) is 6.30. The fourth-order valence-corrected chi connectivity index (χ4v) is 4.08. The molecule has 1 N–H and O–H groups in total. The van der Waals surface area contributed by atoms with Gasteiger partial charge in [0.05, 0.1) is 11.1 Å². The third-order valence-electron chi connectivity index (χ3n) is 5.31. The predicted octanol–water partition coefficient (Wildman–Crippen LogP) is 3.71. The number of hydrogen-bond donors (Lipinski definition) is 1. The molecule has 0 unspecified atom stereocenters. The first-order chi connectivity index (χ1) is 11.0. The van der Waals surface area contributed by atoms with Crippen LogP contribution in [0.2, 0.25) is 0 Å². The molecule has 1 saturated heterocycles. The molecule has 124 valence electrons. The summed E-state index contributed by atoms with van der Waals surface area (Å²) in [4.78, 5) is 25.3. The number of benzene rings is 1. The zero-order valence-corrected chi connectivity index (χ0v) is 13.2. The number of hydrogen-bond acceptors (Lipinski definition) is 2. The first kappa shape index (κ1) is 16.0. The lowest BCUT2D eigenvalue weighted by Crippen LogP contribution is -2.47. The van der Waals surface area contributed by atoms with E-state index >= 15 is 0 Å². The van der Waals surface area contributed by atoms with Gasteiger partial charge in [-0.05, 0) is 49.3 Å². The summed E-state index contributed by atoms with van der Waals surface area (Å²) in [6, 6.07) is 3.51. The molecule has 1 aliphatic carbocycles. The van der Waals surface area contributed by atoms with E-state index < -0.39 is 11.8 Å². The Morgan fingerprint density at radius 3 is 2.43 bits per heavy atom. The SMILES string of the molecule is O=C(O)c1ccc(C(=O)N2CCCC3(CCCCC3)C2)c(F)c1. The predicted molar refractivity (Wildman–Crippen MR) is 84.0 cm³/mol. The van der Waals surface area contributed by atoms with E-state index in [1.165, 1.54) is 31.4 Å². The second-order valence-corrected chi connectivity index (χ2v) is 6.89. The molecule has 2 fully saturated rings. The van der Waals surface area contributed by atoms with Gasteiger partial charge >= 0.3 is 5.97 Å². The minimum Gasteiger partial charge on any atom is -0.478 e. The van der Waals surface area contributed by atoms with E-state index in [9.17, 15) is 14.0 Å². The fourth-order valence-electron chi connectivity index (χ4n) is 4.08. The molecule has 1 aromatic carbocycles. The summed E-state index contributed by atoms with van der Waals surface area (Å²) in [5.74, 6) is -2.26. The molecule has 1 amide bonds. The van der Waals surface area contributed by atoms with Gasteiger partial charge in [-0.25, -0.2) is 9.18 Å². The van der Waals surface area contributed by atoms with Crippen LogP contribution < -0.4 is 0 Å². The van der Waals surface area contributed by atoms with Gasteiger partial charge in [0, 0.05) is 13.1 Å². The molecule has 0 aromatic heterocycles. The number of aromatic carboxylic acids is 1. The van der Waals surface area contributed by atoms with Crippen LogP contribution in [0.15, 0.2) is 18.2 Å². The maximum absolute atomic E-state index is 14.1. The quantitative estimate of drug-likeness (QED) is 0.904. The van der Waals surface area contributed by atoms with Crippen LogP contribution in [0.3, 0.4) is 0 Å². The van der Waals surface area contributed by atoms with Crippen LogP contribution in [-0.2, 0) is 0 Å². The Morgan fingerprint density at radius 1 is 1.09 bits per heavy atom. The Morgan fingerprint density at radius 2 is 1.78 bits per heavy atom. The summed E-state index contributed by atoms with van der Waals surface area (Å²) < 4.78 is 14.1. The fraction of sp³-hybridized carbons (Fsp3) is 0.556. The lowest BCUT2D eigenvalue weighted by atomic mass is 9.69. The van der Waals surface area contributed by atoms with Gasteiger partial charge in [0.2, 0.25) is 0 Å². The van der Waals surface area contributed by atoms with E-state index in [-0.39, 0.29) is 22.4 Å². The number of halogens is 1. The van der Waals surface area contributed by atoms with Gasteiger partial charge < -0.3 is 10.0 Å². The Hall–Kier alpha value is -1.91. The van der Waals surface area contributed by atoms with Crippen molar-refractivity contribution in [3.63, 3.8) is 0 Å². The molecule has 1 heterocycles. The van der Waals surface area contributed by atoms with Crippen LogP contribution >= 0.6 is 0 Å². The van der Waals surface area contributed by atoms with Crippen LogP contribution in [-0.4, -0.2) is 35.0 Å². The summed E-state index contributed by atoms with van der Waals surface area (Å²) in [6.45, 7) is 1.35. The summed E-state index contributed by atoms with van der Waals surface area (Å²) in [5, 5.41) is 8.89.